The zero-order chi connectivity index (χ0) is 13.8. The highest BCUT2D eigenvalue weighted by atomic mass is 19.4. The maximum absolute atomic E-state index is 13.4. The van der Waals surface area contributed by atoms with Gasteiger partial charge in [0.1, 0.15) is 5.82 Å². The van der Waals surface area contributed by atoms with Crippen LogP contribution in [0.4, 0.5) is 17.6 Å². The molecule has 2 N–H and O–H groups in total. The van der Waals surface area contributed by atoms with E-state index >= 15 is 0 Å². The Morgan fingerprint density at radius 3 is 2.50 bits per heavy atom. The highest BCUT2D eigenvalue weighted by Gasteiger charge is 2.30. The SMILES string of the molecule is CNCC(C)NCc1cc(C(F)(F)F)ccc1F. The lowest BCUT2D eigenvalue weighted by Gasteiger charge is -2.14. The molecule has 0 saturated carbocycles. The third-order valence-corrected chi connectivity index (χ3v) is 2.52. The third kappa shape index (κ3) is 4.27. The number of likely N-dealkylation sites (N-methyl/N-ethyl adjacent to an activating group) is 1. The van der Waals surface area contributed by atoms with Gasteiger partial charge in [-0.1, -0.05) is 0 Å². The van der Waals surface area contributed by atoms with Crippen LogP contribution in [0.2, 0.25) is 0 Å². The van der Waals surface area contributed by atoms with Crippen LogP contribution in [0.3, 0.4) is 0 Å². The van der Waals surface area contributed by atoms with Gasteiger partial charge in [0.25, 0.3) is 0 Å². The fourth-order valence-corrected chi connectivity index (χ4v) is 1.55. The molecule has 0 aliphatic heterocycles. The van der Waals surface area contributed by atoms with Crippen molar-refractivity contribution >= 4 is 0 Å². The molecule has 18 heavy (non-hydrogen) atoms. The van der Waals surface area contributed by atoms with E-state index in [9.17, 15) is 17.6 Å². The van der Waals surface area contributed by atoms with E-state index in [-0.39, 0.29) is 18.2 Å². The topological polar surface area (TPSA) is 24.1 Å². The Morgan fingerprint density at radius 1 is 1.28 bits per heavy atom. The molecular formula is C12H16F4N2. The Kier molecular flexibility index (Phi) is 5.10. The van der Waals surface area contributed by atoms with Gasteiger partial charge in [-0.15, -0.1) is 0 Å². The van der Waals surface area contributed by atoms with Crippen molar-refractivity contribution in [2.75, 3.05) is 13.6 Å². The van der Waals surface area contributed by atoms with E-state index in [2.05, 4.69) is 10.6 Å². The Balaban J connectivity index is 2.76. The largest absolute Gasteiger partial charge is 0.416 e. The Hall–Kier alpha value is -1.14. The van der Waals surface area contributed by atoms with Crippen molar-refractivity contribution in [3.05, 3.63) is 35.1 Å². The second-order valence-electron chi connectivity index (χ2n) is 4.14. The van der Waals surface area contributed by atoms with Gasteiger partial charge in [-0.2, -0.15) is 13.2 Å². The van der Waals surface area contributed by atoms with Gasteiger partial charge in [-0.05, 0) is 32.2 Å². The third-order valence-electron chi connectivity index (χ3n) is 2.52. The van der Waals surface area contributed by atoms with Crippen molar-refractivity contribution in [2.45, 2.75) is 25.7 Å². The fraction of sp³-hybridized carbons (Fsp3) is 0.500. The standard InChI is InChI=1S/C12H16F4N2/c1-8(6-17-2)18-7-9-5-10(12(14,15)16)3-4-11(9)13/h3-5,8,17-18H,6-7H2,1-2H3. The van der Waals surface area contributed by atoms with Crippen LogP contribution in [0.1, 0.15) is 18.1 Å². The zero-order valence-corrected chi connectivity index (χ0v) is 10.2. The van der Waals surface area contributed by atoms with Crippen LogP contribution < -0.4 is 10.6 Å². The van der Waals surface area contributed by atoms with Crippen LogP contribution in [0, 0.1) is 5.82 Å². The second-order valence-corrected chi connectivity index (χ2v) is 4.14. The summed E-state index contributed by atoms with van der Waals surface area (Å²) in [6.07, 6.45) is -4.45. The normalized spacial score (nSPS) is 13.7. The van der Waals surface area contributed by atoms with Crippen LogP contribution >= 0.6 is 0 Å². The highest BCUT2D eigenvalue weighted by Crippen LogP contribution is 2.30. The average Bonchev–Trinajstić information content (AvgIpc) is 2.26. The molecule has 1 unspecified atom stereocenters. The lowest BCUT2D eigenvalue weighted by molar-refractivity contribution is -0.137. The molecule has 0 bridgehead atoms. The zero-order valence-electron chi connectivity index (χ0n) is 10.2. The number of hydrogen-bond acceptors (Lipinski definition) is 2. The van der Waals surface area contributed by atoms with Crippen LogP contribution in [0.15, 0.2) is 18.2 Å². The summed E-state index contributed by atoms with van der Waals surface area (Å²) in [5, 5.41) is 5.87. The summed E-state index contributed by atoms with van der Waals surface area (Å²) in [4.78, 5) is 0. The van der Waals surface area contributed by atoms with Gasteiger partial charge in [0.05, 0.1) is 5.56 Å². The number of alkyl halides is 3. The molecule has 0 aromatic heterocycles. The molecule has 0 heterocycles. The maximum atomic E-state index is 13.4. The minimum Gasteiger partial charge on any atom is -0.318 e. The number of nitrogens with one attached hydrogen (secondary N) is 2. The first kappa shape index (κ1) is 14.9. The monoisotopic (exact) mass is 264 g/mol. The predicted molar refractivity (Wildman–Crippen MR) is 61.6 cm³/mol. The van der Waals surface area contributed by atoms with E-state index in [1.54, 1.807) is 7.05 Å². The van der Waals surface area contributed by atoms with Gasteiger partial charge >= 0.3 is 6.18 Å². The van der Waals surface area contributed by atoms with Crippen LogP contribution in [-0.2, 0) is 12.7 Å². The molecule has 0 fully saturated rings. The van der Waals surface area contributed by atoms with Crippen molar-refractivity contribution in [2.24, 2.45) is 0 Å². The fourth-order valence-electron chi connectivity index (χ4n) is 1.55. The van der Waals surface area contributed by atoms with Crippen LogP contribution in [0.25, 0.3) is 0 Å². The van der Waals surface area contributed by atoms with Gasteiger partial charge in [-0.3, -0.25) is 0 Å². The van der Waals surface area contributed by atoms with Crippen molar-refractivity contribution < 1.29 is 17.6 Å². The first-order valence-electron chi connectivity index (χ1n) is 5.58. The van der Waals surface area contributed by atoms with Gasteiger partial charge in [0.2, 0.25) is 0 Å². The van der Waals surface area contributed by atoms with E-state index in [1.807, 2.05) is 6.92 Å². The van der Waals surface area contributed by atoms with Crippen molar-refractivity contribution in [1.29, 1.82) is 0 Å². The molecule has 102 valence electrons. The Bertz CT molecular complexity index is 390. The van der Waals surface area contributed by atoms with Gasteiger partial charge < -0.3 is 10.6 Å². The van der Waals surface area contributed by atoms with Gasteiger partial charge in [0, 0.05) is 24.7 Å². The molecule has 0 aliphatic rings. The average molecular weight is 264 g/mol. The van der Waals surface area contributed by atoms with Crippen molar-refractivity contribution in [3.8, 4) is 0 Å². The summed E-state index contributed by atoms with van der Waals surface area (Å²) in [6, 6.07) is 2.48. The smallest absolute Gasteiger partial charge is 0.318 e. The Labute approximate surface area is 103 Å². The summed E-state index contributed by atoms with van der Waals surface area (Å²) in [5.41, 5.74) is -0.810. The molecule has 1 aromatic carbocycles. The summed E-state index contributed by atoms with van der Waals surface area (Å²) in [5.74, 6) is -0.632. The van der Waals surface area contributed by atoms with Crippen LogP contribution in [-0.4, -0.2) is 19.6 Å². The van der Waals surface area contributed by atoms with Crippen molar-refractivity contribution in [3.63, 3.8) is 0 Å². The predicted octanol–water partition coefficient (Wildman–Crippen LogP) is 2.54. The summed E-state index contributed by atoms with van der Waals surface area (Å²) < 4.78 is 50.8. The maximum Gasteiger partial charge on any atom is 0.416 e. The summed E-state index contributed by atoms with van der Waals surface area (Å²) in [6.45, 7) is 2.58. The molecule has 0 saturated heterocycles. The van der Waals surface area contributed by atoms with Crippen LogP contribution in [0.5, 0.6) is 0 Å². The number of rotatable bonds is 5. The Morgan fingerprint density at radius 2 is 1.94 bits per heavy atom. The first-order chi connectivity index (χ1) is 8.34. The van der Waals surface area contributed by atoms with Gasteiger partial charge in [-0.25, -0.2) is 4.39 Å². The summed E-state index contributed by atoms with van der Waals surface area (Å²) in [7, 11) is 1.77. The van der Waals surface area contributed by atoms with E-state index in [0.29, 0.717) is 6.54 Å². The summed E-state index contributed by atoms with van der Waals surface area (Å²) >= 11 is 0. The quantitative estimate of drug-likeness (QED) is 0.799. The minimum atomic E-state index is -4.45. The molecule has 0 aliphatic carbocycles. The number of halogens is 4. The molecule has 0 spiro atoms. The molecule has 1 aromatic rings. The second kappa shape index (κ2) is 6.15. The van der Waals surface area contributed by atoms with Crippen molar-refractivity contribution in [1.82, 2.24) is 10.6 Å². The molecule has 0 radical (unpaired) electrons. The first-order valence-corrected chi connectivity index (χ1v) is 5.58. The van der Waals surface area contributed by atoms with E-state index < -0.39 is 17.6 Å². The molecular weight excluding hydrogens is 248 g/mol. The molecule has 0 amide bonds. The van der Waals surface area contributed by atoms with E-state index in [0.717, 1.165) is 18.2 Å². The van der Waals surface area contributed by atoms with Gasteiger partial charge in [0.15, 0.2) is 0 Å². The lowest BCUT2D eigenvalue weighted by atomic mass is 10.1. The minimum absolute atomic E-state index is 0.0211. The highest BCUT2D eigenvalue weighted by molar-refractivity contribution is 5.27. The molecule has 6 heteroatoms. The number of hydrogen-bond donors (Lipinski definition) is 2. The molecule has 1 rings (SSSR count). The van der Waals surface area contributed by atoms with E-state index in [4.69, 9.17) is 0 Å². The lowest BCUT2D eigenvalue weighted by Crippen LogP contribution is -2.34. The van der Waals surface area contributed by atoms with E-state index in [1.165, 1.54) is 0 Å². The molecule has 1 atom stereocenters. The molecule has 2 nitrogen and oxygen atoms in total. The number of benzene rings is 1.